The van der Waals surface area contributed by atoms with Gasteiger partial charge in [-0.25, -0.2) is 0 Å². The maximum atomic E-state index is 12.9. The Morgan fingerprint density at radius 1 is 1.40 bits per heavy atom. The van der Waals surface area contributed by atoms with Crippen molar-refractivity contribution >= 4 is 40.2 Å². The fourth-order valence-corrected chi connectivity index (χ4v) is 3.61. The highest BCUT2D eigenvalue weighted by Crippen LogP contribution is 2.30. The monoisotopic (exact) mass is 443 g/mol. The molecule has 3 rings (SSSR count). The number of terminal acetylenes is 1. The van der Waals surface area contributed by atoms with Gasteiger partial charge in [-0.1, -0.05) is 29.6 Å². The van der Waals surface area contributed by atoms with Crippen molar-refractivity contribution in [3.63, 3.8) is 0 Å². The van der Waals surface area contributed by atoms with Crippen LogP contribution in [0.3, 0.4) is 0 Å². The second-order valence-corrected chi connectivity index (χ2v) is 8.48. The second kappa shape index (κ2) is 8.99. The molecule has 8 heteroatoms. The highest BCUT2D eigenvalue weighted by Gasteiger charge is 2.31. The largest absolute Gasteiger partial charge is 0.470 e. The predicted octanol–water partition coefficient (Wildman–Crippen LogP) is 4.54. The van der Waals surface area contributed by atoms with E-state index in [4.69, 9.17) is 27.3 Å². The van der Waals surface area contributed by atoms with Crippen LogP contribution in [0, 0.1) is 12.3 Å². The van der Waals surface area contributed by atoms with E-state index in [1.165, 1.54) is 11.8 Å². The topological polar surface area (TPSA) is 77.2 Å². The van der Waals surface area contributed by atoms with E-state index < -0.39 is 11.0 Å². The van der Waals surface area contributed by atoms with Crippen molar-refractivity contribution in [1.29, 1.82) is 0 Å². The molecule has 0 aliphatic rings. The Hall–Kier alpha value is -2.69. The normalized spacial score (nSPS) is 12.4. The zero-order valence-corrected chi connectivity index (χ0v) is 18.7. The van der Waals surface area contributed by atoms with Gasteiger partial charge in [0.25, 0.3) is 5.91 Å². The first-order valence-electron chi connectivity index (χ1n) is 9.31. The molecule has 0 saturated carbocycles. The summed E-state index contributed by atoms with van der Waals surface area (Å²) in [5.74, 6) is 3.47. The highest BCUT2D eigenvalue weighted by atomic mass is 35.5. The number of amides is 1. The quantitative estimate of drug-likeness (QED) is 0.426. The number of benzene rings is 1. The first-order valence-corrected chi connectivity index (χ1v) is 11.0. The second-order valence-electron chi connectivity index (χ2n) is 7.18. The van der Waals surface area contributed by atoms with Crippen molar-refractivity contribution < 1.29 is 14.1 Å². The molecule has 0 fully saturated rings. The van der Waals surface area contributed by atoms with Crippen molar-refractivity contribution in [1.82, 2.24) is 15.5 Å². The van der Waals surface area contributed by atoms with E-state index in [0.29, 0.717) is 27.5 Å². The highest BCUT2D eigenvalue weighted by molar-refractivity contribution is 7.99. The van der Waals surface area contributed by atoms with Crippen LogP contribution in [-0.4, -0.2) is 27.7 Å². The Labute approximate surface area is 184 Å². The summed E-state index contributed by atoms with van der Waals surface area (Å²) in [7, 11) is 0. The molecular formula is C22H22ClN3O3S. The first kappa shape index (κ1) is 22.0. The molecule has 0 aliphatic heterocycles. The molecule has 1 aromatic carbocycles. The lowest BCUT2D eigenvalue weighted by atomic mass is 10.0. The van der Waals surface area contributed by atoms with E-state index in [1.54, 1.807) is 30.7 Å². The van der Waals surface area contributed by atoms with E-state index in [-0.39, 0.29) is 5.91 Å². The smallest absolute Gasteiger partial charge is 0.272 e. The van der Waals surface area contributed by atoms with Crippen LogP contribution in [0.4, 0.5) is 0 Å². The lowest BCUT2D eigenvalue weighted by molar-refractivity contribution is -0.126. The molecule has 30 heavy (non-hydrogen) atoms. The fraction of sp³-hybridized carbons (Fsp3) is 0.318. The molecule has 2 aromatic heterocycles. The lowest BCUT2D eigenvalue weighted by Gasteiger charge is -2.26. The third-order valence-corrected chi connectivity index (χ3v) is 5.56. The van der Waals surface area contributed by atoms with Gasteiger partial charge in [-0.05, 0) is 32.2 Å². The molecule has 0 saturated heterocycles. The number of nitrogens with one attached hydrogen (secondary N) is 1. The average Bonchev–Trinajstić information content (AvgIpc) is 3.21. The molecule has 6 nitrogen and oxygen atoms in total. The van der Waals surface area contributed by atoms with Crippen LogP contribution in [0.1, 0.15) is 37.8 Å². The third-order valence-electron chi connectivity index (χ3n) is 4.53. The number of aromatic nitrogens is 2. The van der Waals surface area contributed by atoms with Gasteiger partial charge in [0.15, 0.2) is 0 Å². The van der Waals surface area contributed by atoms with Gasteiger partial charge >= 0.3 is 0 Å². The predicted molar refractivity (Wildman–Crippen MR) is 120 cm³/mol. The Balaban J connectivity index is 1.80. The number of hydrogen-bond donors (Lipinski definition) is 1. The number of pyridine rings is 1. The minimum Gasteiger partial charge on any atom is -0.470 e. The zero-order chi connectivity index (χ0) is 21.9. The summed E-state index contributed by atoms with van der Waals surface area (Å²) in [6, 6.07) is 7.05. The van der Waals surface area contributed by atoms with Gasteiger partial charge in [0.1, 0.15) is 17.2 Å². The molecule has 156 valence electrons. The molecular weight excluding hydrogens is 422 g/mol. The Kier molecular flexibility index (Phi) is 6.59. The van der Waals surface area contributed by atoms with E-state index in [2.05, 4.69) is 21.4 Å². The van der Waals surface area contributed by atoms with Gasteiger partial charge in [-0.3, -0.25) is 9.78 Å². The Morgan fingerprint density at radius 3 is 2.80 bits per heavy atom. The van der Waals surface area contributed by atoms with E-state index in [1.807, 2.05) is 26.8 Å². The van der Waals surface area contributed by atoms with E-state index in [9.17, 15) is 4.79 Å². The van der Waals surface area contributed by atoms with Crippen LogP contribution in [0.25, 0.3) is 10.9 Å². The summed E-state index contributed by atoms with van der Waals surface area (Å²) < 4.78 is 11.2. The first-order chi connectivity index (χ1) is 14.3. The minimum atomic E-state index is -0.792. The number of thioether (sulfide) groups is 1. The van der Waals surface area contributed by atoms with Gasteiger partial charge in [-0.15, -0.1) is 18.2 Å². The SMILES string of the molecule is C#Cc1cnc2c(Cl)cc(OC(SC)C(=O)NC(C)(C)c3cc(CC)on3)cc2c1. The maximum Gasteiger partial charge on any atom is 0.272 e. The number of carbonyl (C=O) groups is 1. The molecule has 1 amide bonds. The Morgan fingerprint density at radius 2 is 2.17 bits per heavy atom. The summed E-state index contributed by atoms with van der Waals surface area (Å²) in [5, 5.41) is 8.19. The summed E-state index contributed by atoms with van der Waals surface area (Å²) in [5.41, 5.74) is 0.383. The summed E-state index contributed by atoms with van der Waals surface area (Å²) in [4.78, 5) is 17.2. The summed E-state index contributed by atoms with van der Waals surface area (Å²) in [6.45, 7) is 5.70. The maximum absolute atomic E-state index is 12.9. The molecule has 0 aliphatic carbocycles. The van der Waals surface area contributed by atoms with Gasteiger partial charge < -0.3 is 14.6 Å². The Bertz CT molecular complexity index is 1120. The number of hydrogen-bond acceptors (Lipinski definition) is 6. The molecule has 0 bridgehead atoms. The van der Waals surface area contributed by atoms with Crippen LogP contribution in [-0.2, 0) is 16.8 Å². The third kappa shape index (κ3) is 4.72. The number of nitrogens with zero attached hydrogens (tertiary/aromatic N) is 2. The van der Waals surface area contributed by atoms with Gasteiger partial charge in [0, 0.05) is 35.7 Å². The average molecular weight is 444 g/mol. The number of fused-ring (bicyclic) bond motifs is 1. The number of aryl methyl sites for hydroxylation is 1. The van der Waals surface area contributed by atoms with E-state index in [0.717, 1.165) is 17.6 Å². The number of ether oxygens (including phenoxy) is 1. The lowest BCUT2D eigenvalue weighted by Crippen LogP contribution is -2.46. The van der Waals surface area contributed by atoms with Crippen molar-refractivity contribution in [3.05, 3.63) is 52.5 Å². The van der Waals surface area contributed by atoms with Gasteiger partial charge in [-0.2, -0.15) is 0 Å². The molecule has 3 aromatic rings. The molecule has 1 atom stereocenters. The van der Waals surface area contributed by atoms with Crippen LogP contribution >= 0.6 is 23.4 Å². The summed E-state index contributed by atoms with van der Waals surface area (Å²) in [6.07, 6.45) is 9.56. The van der Waals surface area contributed by atoms with Crippen LogP contribution in [0.2, 0.25) is 5.02 Å². The molecule has 2 heterocycles. The standard InChI is InChI=1S/C22H22ClN3O3S/c1-6-13-8-14-9-16(10-17(23)19(14)24-12-13)28-21(30-5)20(27)25-22(3,4)18-11-15(7-2)29-26-18/h1,8-12,21H,7H2,2-5H3,(H,25,27). The van der Waals surface area contributed by atoms with Gasteiger partial charge in [0.05, 0.1) is 16.1 Å². The van der Waals surface area contributed by atoms with Crippen LogP contribution in [0.15, 0.2) is 35.0 Å². The van der Waals surface area contributed by atoms with Crippen LogP contribution in [0.5, 0.6) is 5.75 Å². The van der Waals surface area contributed by atoms with E-state index >= 15 is 0 Å². The summed E-state index contributed by atoms with van der Waals surface area (Å²) >= 11 is 7.61. The van der Waals surface area contributed by atoms with Crippen molar-refractivity contribution in [3.8, 4) is 18.1 Å². The molecule has 0 spiro atoms. The van der Waals surface area contributed by atoms with Crippen molar-refractivity contribution in [2.75, 3.05) is 6.26 Å². The number of halogens is 1. The molecule has 0 radical (unpaired) electrons. The molecule has 1 unspecified atom stereocenters. The fourth-order valence-electron chi connectivity index (χ4n) is 2.86. The number of rotatable bonds is 7. The molecule has 1 N–H and O–H groups in total. The van der Waals surface area contributed by atoms with Crippen molar-refractivity contribution in [2.24, 2.45) is 0 Å². The van der Waals surface area contributed by atoms with Crippen LogP contribution < -0.4 is 10.1 Å². The zero-order valence-electron chi connectivity index (χ0n) is 17.2. The number of carbonyl (C=O) groups excluding carboxylic acids is 1. The van der Waals surface area contributed by atoms with Gasteiger partial charge in [0.2, 0.25) is 5.44 Å². The minimum absolute atomic E-state index is 0.291. The van der Waals surface area contributed by atoms with Crippen molar-refractivity contribution in [2.45, 2.75) is 38.2 Å².